The first-order valence-electron chi connectivity index (χ1n) is 6.44. The van der Waals surface area contributed by atoms with Gasteiger partial charge in [-0.2, -0.15) is 0 Å². The second kappa shape index (κ2) is 4.95. The molecule has 3 heteroatoms. The summed E-state index contributed by atoms with van der Waals surface area (Å²) in [6.07, 6.45) is 2.23. The summed E-state index contributed by atoms with van der Waals surface area (Å²) in [5.41, 5.74) is 4.80. The van der Waals surface area contributed by atoms with Crippen molar-refractivity contribution in [3.05, 3.63) is 58.4 Å². The van der Waals surface area contributed by atoms with Crippen LogP contribution in [0.1, 0.15) is 23.6 Å². The Hall–Kier alpha value is -1.38. The van der Waals surface area contributed by atoms with Crippen molar-refractivity contribution < 1.29 is 4.39 Å². The van der Waals surface area contributed by atoms with Crippen LogP contribution in [-0.2, 0) is 6.42 Å². The third-order valence-electron chi connectivity index (χ3n) is 3.82. The Bertz CT molecular complexity index is 624. The van der Waals surface area contributed by atoms with Crippen molar-refractivity contribution in [1.82, 2.24) is 5.32 Å². The van der Waals surface area contributed by atoms with Gasteiger partial charge in [0.15, 0.2) is 0 Å². The minimum atomic E-state index is -0.373. The molecule has 1 N–H and O–H groups in total. The van der Waals surface area contributed by atoms with Crippen LogP contribution in [0.3, 0.4) is 0 Å². The van der Waals surface area contributed by atoms with Crippen LogP contribution in [0.4, 0.5) is 4.39 Å². The van der Waals surface area contributed by atoms with Gasteiger partial charge in [0.2, 0.25) is 0 Å². The highest BCUT2D eigenvalue weighted by Gasteiger charge is 2.21. The number of hydrogen-bond acceptors (Lipinski definition) is 1. The molecule has 1 nitrogen and oxygen atoms in total. The van der Waals surface area contributed by atoms with E-state index in [1.54, 1.807) is 12.1 Å². The molecule has 19 heavy (non-hydrogen) atoms. The van der Waals surface area contributed by atoms with Crippen molar-refractivity contribution >= 4 is 11.6 Å². The summed E-state index contributed by atoms with van der Waals surface area (Å²) < 4.78 is 13.2. The van der Waals surface area contributed by atoms with Gasteiger partial charge in [-0.3, -0.25) is 0 Å². The molecule has 1 aliphatic carbocycles. The summed E-state index contributed by atoms with van der Waals surface area (Å²) in [5, 5.41) is 3.50. The molecule has 0 aromatic heterocycles. The molecule has 0 fully saturated rings. The molecule has 2 aromatic carbocycles. The molecule has 0 saturated carbocycles. The van der Waals surface area contributed by atoms with E-state index < -0.39 is 0 Å². The molecule has 0 spiro atoms. The van der Waals surface area contributed by atoms with E-state index in [1.807, 2.05) is 7.05 Å². The van der Waals surface area contributed by atoms with Crippen LogP contribution in [0.2, 0.25) is 5.02 Å². The van der Waals surface area contributed by atoms with Gasteiger partial charge in [0, 0.05) is 6.04 Å². The molecule has 1 unspecified atom stereocenters. The second-order valence-electron chi connectivity index (χ2n) is 4.92. The Kier molecular flexibility index (Phi) is 3.29. The minimum Gasteiger partial charge on any atom is -0.313 e. The van der Waals surface area contributed by atoms with E-state index in [9.17, 15) is 4.39 Å². The maximum absolute atomic E-state index is 13.2. The van der Waals surface area contributed by atoms with E-state index in [0.717, 1.165) is 24.0 Å². The predicted octanol–water partition coefficient (Wildman–Crippen LogP) is 4.35. The summed E-state index contributed by atoms with van der Waals surface area (Å²) in [5.74, 6) is -0.373. The molecule has 0 saturated heterocycles. The highest BCUT2D eigenvalue weighted by atomic mass is 35.5. The van der Waals surface area contributed by atoms with Gasteiger partial charge in [0.05, 0.1) is 5.02 Å². The van der Waals surface area contributed by atoms with Crippen LogP contribution in [0.15, 0.2) is 36.4 Å². The topological polar surface area (TPSA) is 12.0 Å². The molecule has 1 aliphatic rings. The molecule has 3 rings (SSSR count). The lowest BCUT2D eigenvalue weighted by molar-refractivity contribution is 0.590. The van der Waals surface area contributed by atoms with E-state index in [2.05, 4.69) is 23.5 Å². The quantitative estimate of drug-likeness (QED) is 0.859. The first-order valence-corrected chi connectivity index (χ1v) is 6.82. The first kappa shape index (κ1) is 12.6. The summed E-state index contributed by atoms with van der Waals surface area (Å²) in [4.78, 5) is 0. The number of hydrogen-bond donors (Lipinski definition) is 1. The standard InChI is InChI=1S/C16H15ClFN/c1-19-16-7-4-12-8-10(2-5-13(12)16)11-3-6-15(18)14(17)9-11/h2-3,5-6,8-9,16,19H,4,7H2,1H3. The van der Waals surface area contributed by atoms with Crippen molar-refractivity contribution in [2.75, 3.05) is 7.05 Å². The van der Waals surface area contributed by atoms with Crippen LogP contribution >= 0.6 is 11.6 Å². The predicted molar refractivity (Wildman–Crippen MR) is 77.0 cm³/mol. The lowest BCUT2D eigenvalue weighted by Crippen LogP contribution is -2.12. The summed E-state index contributed by atoms with van der Waals surface area (Å²) >= 11 is 5.84. The molecule has 0 aliphatic heterocycles. The number of benzene rings is 2. The molecule has 1 atom stereocenters. The first-order chi connectivity index (χ1) is 9.19. The average molecular weight is 276 g/mol. The average Bonchev–Trinajstić information content (AvgIpc) is 2.84. The van der Waals surface area contributed by atoms with E-state index in [1.165, 1.54) is 17.2 Å². The molecule has 0 bridgehead atoms. The zero-order valence-electron chi connectivity index (χ0n) is 10.7. The number of halogens is 2. The van der Waals surface area contributed by atoms with Crippen LogP contribution in [0.5, 0.6) is 0 Å². The van der Waals surface area contributed by atoms with Crippen LogP contribution in [0, 0.1) is 5.82 Å². The van der Waals surface area contributed by atoms with E-state index in [4.69, 9.17) is 11.6 Å². The number of aryl methyl sites for hydroxylation is 1. The Morgan fingerprint density at radius 2 is 1.89 bits per heavy atom. The van der Waals surface area contributed by atoms with Crippen molar-refractivity contribution in [3.8, 4) is 11.1 Å². The largest absolute Gasteiger partial charge is 0.313 e. The molecule has 98 valence electrons. The van der Waals surface area contributed by atoms with Gasteiger partial charge in [0.1, 0.15) is 5.82 Å². The molecular formula is C16H15ClFN. The molecule has 0 radical (unpaired) electrons. The van der Waals surface area contributed by atoms with Crippen molar-refractivity contribution in [1.29, 1.82) is 0 Å². The Morgan fingerprint density at radius 1 is 1.16 bits per heavy atom. The Balaban J connectivity index is 2.01. The summed E-state index contributed by atoms with van der Waals surface area (Å²) in [7, 11) is 1.99. The maximum atomic E-state index is 13.2. The van der Waals surface area contributed by atoms with Crippen LogP contribution in [0.25, 0.3) is 11.1 Å². The highest BCUT2D eigenvalue weighted by Crippen LogP contribution is 2.34. The highest BCUT2D eigenvalue weighted by molar-refractivity contribution is 6.31. The zero-order chi connectivity index (χ0) is 13.4. The van der Waals surface area contributed by atoms with Crippen LogP contribution < -0.4 is 5.32 Å². The fraction of sp³-hybridized carbons (Fsp3) is 0.250. The maximum Gasteiger partial charge on any atom is 0.141 e. The van der Waals surface area contributed by atoms with Crippen molar-refractivity contribution in [3.63, 3.8) is 0 Å². The van der Waals surface area contributed by atoms with E-state index >= 15 is 0 Å². The fourth-order valence-corrected chi connectivity index (χ4v) is 2.95. The lowest BCUT2D eigenvalue weighted by Gasteiger charge is -2.11. The SMILES string of the molecule is CNC1CCc2cc(-c3ccc(F)c(Cl)c3)ccc21. The number of fused-ring (bicyclic) bond motifs is 1. The smallest absolute Gasteiger partial charge is 0.141 e. The zero-order valence-corrected chi connectivity index (χ0v) is 11.5. The Labute approximate surface area is 117 Å². The molecular weight excluding hydrogens is 261 g/mol. The van der Waals surface area contributed by atoms with Gasteiger partial charge in [-0.1, -0.05) is 35.9 Å². The summed E-state index contributed by atoms with van der Waals surface area (Å²) in [6, 6.07) is 11.8. The van der Waals surface area contributed by atoms with Crippen LogP contribution in [-0.4, -0.2) is 7.05 Å². The van der Waals surface area contributed by atoms with Gasteiger partial charge >= 0.3 is 0 Å². The third-order valence-corrected chi connectivity index (χ3v) is 4.11. The molecule has 0 heterocycles. The van der Waals surface area contributed by atoms with E-state index in [-0.39, 0.29) is 10.8 Å². The minimum absolute atomic E-state index is 0.172. The number of rotatable bonds is 2. The monoisotopic (exact) mass is 275 g/mol. The normalized spacial score (nSPS) is 17.5. The van der Waals surface area contributed by atoms with Gasteiger partial charge in [0.25, 0.3) is 0 Å². The second-order valence-corrected chi connectivity index (χ2v) is 5.33. The van der Waals surface area contributed by atoms with Gasteiger partial charge in [-0.05, 0) is 54.3 Å². The third kappa shape index (κ3) is 2.26. The fourth-order valence-electron chi connectivity index (χ4n) is 2.77. The van der Waals surface area contributed by atoms with Crippen molar-refractivity contribution in [2.24, 2.45) is 0 Å². The molecule has 0 amide bonds. The van der Waals surface area contributed by atoms with Gasteiger partial charge < -0.3 is 5.32 Å². The van der Waals surface area contributed by atoms with Crippen molar-refractivity contribution in [2.45, 2.75) is 18.9 Å². The van der Waals surface area contributed by atoms with Gasteiger partial charge in [-0.25, -0.2) is 4.39 Å². The summed E-state index contributed by atoms with van der Waals surface area (Å²) in [6.45, 7) is 0. The number of nitrogens with one attached hydrogen (secondary N) is 1. The lowest BCUT2D eigenvalue weighted by atomic mass is 10.00. The molecule has 2 aromatic rings. The van der Waals surface area contributed by atoms with Gasteiger partial charge in [-0.15, -0.1) is 0 Å². The Morgan fingerprint density at radius 3 is 2.63 bits per heavy atom. The van der Waals surface area contributed by atoms with E-state index in [0.29, 0.717) is 6.04 Å².